The highest BCUT2D eigenvalue weighted by atomic mass is 32.1. The van der Waals surface area contributed by atoms with Gasteiger partial charge in [-0.2, -0.15) is 0 Å². The number of ether oxygens (including phenoxy) is 2. The van der Waals surface area contributed by atoms with Crippen LogP contribution in [0.2, 0.25) is 0 Å². The lowest BCUT2D eigenvalue weighted by molar-refractivity contribution is -0.116. The molecule has 0 saturated heterocycles. The van der Waals surface area contributed by atoms with E-state index in [9.17, 15) is 4.79 Å². The summed E-state index contributed by atoms with van der Waals surface area (Å²) < 4.78 is 10.7. The average molecular weight is 289 g/mol. The predicted molar refractivity (Wildman–Crippen MR) is 74.2 cm³/mol. The third-order valence-corrected chi connectivity index (χ3v) is 4.43. The highest BCUT2D eigenvalue weighted by molar-refractivity contribution is 7.16. The van der Waals surface area contributed by atoms with Gasteiger partial charge in [-0.05, 0) is 17.7 Å². The Morgan fingerprint density at radius 3 is 3.10 bits per heavy atom. The largest absolute Gasteiger partial charge is 0.454 e. The molecular weight excluding hydrogens is 278 g/mol. The van der Waals surface area contributed by atoms with Crippen LogP contribution in [-0.4, -0.2) is 17.7 Å². The number of nitrogens with zero attached hydrogens (tertiary/aromatic N) is 1. The summed E-state index contributed by atoms with van der Waals surface area (Å²) >= 11 is 1.41. The first-order valence-electron chi connectivity index (χ1n) is 6.16. The lowest BCUT2D eigenvalue weighted by atomic mass is 9.91. The van der Waals surface area contributed by atoms with Crippen molar-refractivity contribution in [3.05, 3.63) is 28.6 Å². The molecule has 0 unspecified atom stereocenters. The number of benzene rings is 1. The summed E-state index contributed by atoms with van der Waals surface area (Å²) in [5.74, 6) is 1.94. The lowest BCUT2D eigenvalue weighted by Gasteiger charge is -2.21. The molecule has 2 aliphatic heterocycles. The minimum absolute atomic E-state index is 0.0388. The SMILES string of the molecule is Nc1nc2c(s1)[C@@H](c1ccc3c(c1)OCO3)CC(=O)N2. The molecule has 1 aromatic carbocycles. The molecule has 2 aliphatic rings. The van der Waals surface area contributed by atoms with Crippen LogP contribution in [0.15, 0.2) is 18.2 Å². The number of anilines is 2. The van der Waals surface area contributed by atoms with Crippen molar-refractivity contribution >= 4 is 28.2 Å². The van der Waals surface area contributed by atoms with Crippen LogP contribution in [0.1, 0.15) is 22.8 Å². The van der Waals surface area contributed by atoms with Crippen LogP contribution >= 0.6 is 11.3 Å². The van der Waals surface area contributed by atoms with Gasteiger partial charge in [0.2, 0.25) is 12.7 Å². The molecule has 1 aromatic heterocycles. The van der Waals surface area contributed by atoms with E-state index in [0.29, 0.717) is 23.1 Å². The number of nitrogen functional groups attached to an aromatic ring is 1. The summed E-state index contributed by atoms with van der Waals surface area (Å²) in [5.41, 5.74) is 6.75. The first-order valence-corrected chi connectivity index (χ1v) is 6.98. The van der Waals surface area contributed by atoms with E-state index in [1.54, 1.807) is 0 Å². The lowest BCUT2D eigenvalue weighted by Crippen LogP contribution is -2.22. The standard InChI is InChI=1S/C13H11N3O3S/c14-13-16-12-11(20-13)7(4-10(17)15-12)6-1-2-8-9(3-6)19-5-18-8/h1-3,7H,4-5H2,(H2,14,16)(H,15,17)/t7-/m1/s1. The first kappa shape index (κ1) is 11.5. The highest BCUT2D eigenvalue weighted by Gasteiger charge is 2.31. The van der Waals surface area contributed by atoms with Crippen LogP contribution in [0, 0.1) is 0 Å². The Labute approximate surface area is 118 Å². The van der Waals surface area contributed by atoms with E-state index < -0.39 is 0 Å². The van der Waals surface area contributed by atoms with Gasteiger partial charge in [0.05, 0.1) is 4.88 Å². The molecule has 1 atom stereocenters. The van der Waals surface area contributed by atoms with Crippen molar-refractivity contribution in [3.8, 4) is 11.5 Å². The average Bonchev–Trinajstić information content (AvgIpc) is 3.01. The predicted octanol–water partition coefficient (Wildman–Crippen LogP) is 1.93. The van der Waals surface area contributed by atoms with Crippen molar-refractivity contribution < 1.29 is 14.3 Å². The molecule has 102 valence electrons. The molecule has 0 aliphatic carbocycles. The Kier molecular flexibility index (Phi) is 2.37. The molecular formula is C13H11N3O3S. The zero-order chi connectivity index (χ0) is 13.7. The Morgan fingerprint density at radius 1 is 1.35 bits per heavy atom. The normalized spacial score (nSPS) is 19.6. The maximum Gasteiger partial charge on any atom is 0.231 e. The zero-order valence-electron chi connectivity index (χ0n) is 10.4. The van der Waals surface area contributed by atoms with Gasteiger partial charge in [-0.25, -0.2) is 4.98 Å². The van der Waals surface area contributed by atoms with Gasteiger partial charge in [0.15, 0.2) is 16.6 Å². The Balaban J connectivity index is 1.80. The second-order valence-corrected chi connectivity index (χ2v) is 5.74. The van der Waals surface area contributed by atoms with Gasteiger partial charge in [-0.3, -0.25) is 4.79 Å². The minimum Gasteiger partial charge on any atom is -0.454 e. The molecule has 0 fully saturated rings. The van der Waals surface area contributed by atoms with Crippen LogP contribution in [0.25, 0.3) is 0 Å². The van der Waals surface area contributed by atoms with E-state index in [4.69, 9.17) is 15.2 Å². The van der Waals surface area contributed by atoms with Gasteiger partial charge < -0.3 is 20.5 Å². The number of thiazole rings is 1. The molecule has 0 saturated carbocycles. The summed E-state index contributed by atoms with van der Waals surface area (Å²) in [5, 5.41) is 3.22. The third kappa shape index (κ3) is 1.70. The Bertz CT molecular complexity index is 713. The van der Waals surface area contributed by atoms with E-state index >= 15 is 0 Å². The van der Waals surface area contributed by atoms with E-state index in [2.05, 4.69) is 10.3 Å². The van der Waals surface area contributed by atoms with Crippen LogP contribution in [0.5, 0.6) is 11.5 Å². The van der Waals surface area contributed by atoms with Gasteiger partial charge >= 0.3 is 0 Å². The summed E-state index contributed by atoms with van der Waals surface area (Å²) in [6.07, 6.45) is 0.383. The van der Waals surface area contributed by atoms with Crippen molar-refractivity contribution in [2.45, 2.75) is 12.3 Å². The number of amides is 1. The molecule has 7 heteroatoms. The molecule has 3 N–H and O–H groups in total. The van der Waals surface area contributed by atoms with Crippen LogP contribution in [0.3, 0.4) is 0 Å². The topological polar surface area (TPSA) is 86.5 Å². The number of aromatic nitrogens is 1. The van der Waals surface area contributed by atoms with Crippen molar-refractivity contribution in [2.75, 3.05) is 17.8 Å². The second-order valence-electron chi connectivity index (χ2n) is 4.68. The van der Waals surface area contributed by atoms with Crippen molar-refractivity contribution in [1.82, 2.24) is 4.98 Å². The number of nitrogens with two attached hydrogens (primary N) is 1. The van der Waals surface area contributed by atoms with E-state index in [-0.39, 0.29) is 18.6 Å². The van der Waals surface area contributed by atoms with Gasteiger partial charge in [-0.15, -0.1) is 0 Å². The van der Waals surface area contributed by atoms with E-state index in [0.717, 1.165) is 16.2 Å². The zero-order valence-corrected chi connectivity index (χ0v) is 11.2. The molecule has 6 nitrogen and oxygen atoms in total. The first-order chi connectivity index (χ1) is 9.70. The molecule has 1 amide bonds. The van der Waals surface area contributed by atoms with Crippen LogP contribution in [-0.2, 0) is 4.79 Å². The van der Waals surface area contributed by atoms with Gasteiger partial charge in [0.25, 0.3) is 0 Å². The minimum atomic E-state index is -0.0505. The Hall–Kier alpha value is -2.28. The molecule has 0 spiro atoms. The number of carbonyl (C=O) groups is 1. The van der Waals surface area contributed by atoms with Gasteiger partial charge in [0, 0.05) is 12.3 Å². The number of rotatable bonds is 1. The molecule has 2 aromatic rings. The quantitative estimate of drug-likeness (QED) is 0.837. The van der Waals surface area contributed by atoms with Gasteiger partial charge in [-0.1, -0.05) is 17.4 Å². The smallest absolute Gasteiger partial charge is 0.231 e. The summed E-state index contributed by atoms with van der Waals surface area (Å²) in [6, 6.07) is 5.75. The molecule has 0 bridgehead atoms. The Morgan fingerprint density at radius 2 is 2.20 bits per heavy atom. The molecule has 3 heterocycles. The highest BCUT2D eigenvalue weighted by Crippen LogP contribution is 2.44. The fraction of sp³-hybridized carbons (Fsp3) is 0.231. The monoisotopic (exact) mass is 289 g/mol. The van der Waals surface area contributed by atoms with E-state index in [1.165, 1.54) is 11.3 Å². The number of hydrogen-bond donors (Lipinski definition) is 2. The second kappa shape index (κ2) is 4.11. The summed E-state index contributed by atoms with van der Waals surface area (Å²) in [6.45, 7) is 0.239. The molecule has 4 rings (SSSR count). The molecule has 20 heavy (non-hydrogen) atoms. The maximum atomic E-state index is 11.8. The number of hydrogen-bond acceptors (Lipinski definition) is 6. The third-order valence-electron chi connectivity index (χ3n) is 3.43. The maximum absolute atomic E-state index is 11.8. The van der Waals surface area contributed by atoms with E-state index in [1.807, 2.05) is 18.2 Å². The van der Waals surface area contributed by atoms with Crippen molar-refractivity contribution in [1.29, 1.82) is 0 Å². The fourth-order valence-electron chi connectivity index (χ4n) is 2.54. The van der Waals surface area contributed by atoms with Crippen LogP contribution < -0.4 is 20.5 Å². The summed E-state index contributed by atoms with van der Waals surface area (Å²) in [4.78, 5) is 17.0. The molecule has 0 radical (unpaired) electrons. The van der Waals surface area contributed by atoms with Gasteiger partial charge in [0.1, 0.15) is 5.82 Å². The fourth-order valence-corrected chi connectivity index (χ4v) is 3.45. The number of carbonyl (C=O) groups excluding carboxylic acids is 1. The number of fused-ring (bicyclic) bond motifs is 2. The number of nitrogens with one attached hydrogen (secondary N) is 1. The van der Waals surface area contributed by atoms with Crippen LogP contribution in [0.4, 0.5) is 10.9 Å². The van der Waals surface area contributed by atoms with Crippen molar-refractivity contribution in [3.63, 3.8) is 0 Å². The van der Waals surface area contributed by atoms with Crippen molar-refractivity contribution in [2.24, 2.45) is 0 Å². The summed E-state index contributed by atoms with van der Waals surface area (Å²) in [7, 11) is 0.